The minimum Gasteiger partial charge on any atom is -0.481 e. The maximum Gasteiger partial charge on any atom is 0.303 e. The Bertz CT molecular complexity index is 473. The summed E-state index contributed by atoms with van der Waals surface area (Å²) in [5.41, 5.74) is 0. The van der Waals surface area contributed by atoms with Crippen LogP contribution < -0.4 is 0 Å². The smallest absolute Gasteiger partial charge is 0.303 e. The number of aromatic nitrogens is 2. The molecule has 0 aliphatic carbocycles. The Hall–Kier alpha value is -1.85. The third-order valence-corrected chi connectivity index (χ3v) is 4.25. The van der Waals surface area contributed by atoms with Crippen molar-refractivity contribution in [2.45, 2.75) is 39.2 Å². The van der Waals surface area contributed by atoms with E-state index in [0.717, 1.165) is 19.4 Å². The van der Waals surface area contributed by atoms with Gasteiger partial charge in [-0.3, -0.25) is 9.59 Å². The summed E-state index contributed by atoms with van der Waals surface area (Å²) < 4.78 is 1.90. The molecule has 116 valence electrons. The number of piperidine rings is 1. The molecule has 0 aromatic carbocycles. The number of aliphatic carboxylic acids is 1. The molecule has 1 N–H and O–H groups in total. The van der Waals surface area contributed by atoms with E-state index in [-0.39, 0.29) is 18.2 Å². The van der Waals surface area contributed by atoms with Crippen molar-refractivity contribution < 1.29 is 14.7 Å². The molecule has 0 radical (unpaired) electrons. The molecule has 1 aromatic rings. The zero-order chi connectivity index (χ0) is 15.2. The second kappa shape index (κ2) is 7.24. The molecule has 1 aromatic heterocycles. The summed E-state index contributed by atoms with van der Waals surface area (Å²) in [4.78, 5) is 28.9. The van der Waals surface area contributed by atoms with Gasteiger partial charge in [-0.05, 0) is 24.7 Å². The molecular weight excluding hydrogens is 270 g/mol. The fourth-order valence-corrected chi connectivity index (χ4v) is 2.94. The van der Waals surface area contributed by atoms with Crippen LogP contribution in [-0.4, -0.2) is 44.5 Å². The molecule has 1 amide bonds. The molecule has 1 aliphatic rings. The Balaban J connectivity index is 1.82. The quantitative estimate of drug-likeness (QED) is 0.865. The zero-order valence-electron chi connectivity index (χ0n) is 12.4. The van der Waals surface area contributed by atoms with Crippen molar-refractivity contribution in [3.05, 3.63) is 18.7 Å². The van der Waals surface area contributed by atoms with Crippen LogP contribution in [0.2, 0.25) is 0 Å². The van der Waals surface area contributed by atoms with E-state index in [1.54, 1.807) is 12.5 Å². The van der Waals surface area contributed by atoms with Crippen molar-refractivity contribution in [2.24, 2.45) is 11.8 Å². The number of imidazole rings is 1. The molecule has 0 bridgehead atoms. The van der Waals surface area contributed by atoms with Gasteiger partial charge in [-0.1, -0.05) is 6.92 Å². The maximum absolute atomic E-state index is 12.3. The highest BCUT2D eigenvalue weighted by atomic mass is 16.4. The molecule has 6 nitrogen and oxygen atoms in total. The fraction of sp³-hybridized carbons (Fsp3) is 0.667. The molecule has 1 aliphatic heterocycles. The molecule has 0 saturated carbocycles. The van der Waals surface area contributed by atoms with Gasteiger partial charge in [0, 0.05) is 44.9 Å². The van der Waals surface area contributed by atoms with E-state index in [1.807, 2.05) is 22.6 Å². The third-order valence-electron chi connectivity index (χ3n) is 4.25. The first-order valence-electron chi connectivity index (χ1n) is 7.51. The number of aryl methyl sites for hydroxylation is 1. The molecule has 0 spiro atoms. The second-order valence-electron chi connectivity index (χ2n) is 5.87. The van der Waals surface area contributed by atoms with Crippen LogP contribution in [0, 0.1) is 11.8 Å². The first kappa shape index (κ1) is 15.5. The van der Waals surface area contributed by atoms with Crippen LogP contribution >= 0.6 is 0 Å². The lowest BCUT2D eigenvalue weighted by atomic mass is 9.84. The minimum absolute atomic E-state index is 0.117. The van der Waals surface area contributed by atoms with E-state index < -0.39 is 5.97 Å². The number of carboxylic acids is 1. The van der Waals surface area contributed by atoms with E-state index in [4.69, 9.17) is 5.11 Å². The van der Waals surface area contributed by atoms with Gasteiger partial charge in [0.15, 0.2) is 0 Å². The largest absolute Gasteiger partial charge is 0.481 e. The number of amides is 1. The first-order chi connectivity index (χ1) is 10.1. The minimum atomic E-state index is -0.758. The van der Waals surface area contributed by atoms with Gasteiger partial charge in [-0.15, -0.1) is 0 Å². The van der Waals surface area contributed by atoms with Crippen LogP contribution in [0.5, 0.6) is 0 Å². The third kappa shape index (κ3) is 4.58. The van der Waals surface area contributed by atoms with Crippen LogP contribution in [0.1, 0.15) is 32.6 Å². The zero-order valence-corrected chi connectivity index (χ0v) is 12.4. The predicted molar refractivity (Wildman–Crippen MR) is 77.6 cm³/mol. The highest BCUT2D eigenvalue weighted by Crippen LogP contribution is 2.26. The average molecular weight is 293 g/mol. The lowest BCUT2D eigenvalue weighted by Gasteiger charge is -2.35. The molecule has 6 heteroatoms. The van der Waals surface area contributed by atoms with Crippen LogP contribution in [-0.2, 0) is 16.1 Å². The number of likely N-dealkylation sites (tertiary alicyclic amines) is 1. The number of rotatable bonds is 6. The van der Waals surface area contributed by atoms with Gasteiger partial charge in [0.1, 0.15) is 0 Å². The highest BCUT2D eigenvalue weighted by molar-refractivity contribution is 5.76. The van der Waals surface area contributed by atoms with Gasteiger partial charge < -0.3 is 14.6 Å². The van der Waals surface area contributed by atoms with Gasteiger partial charge >= 0.3 is 5.97 Å². The maximum atomic E-state index is 12.3. The van der Waals surface area contributed by atoms with Crippen LogP contribution in [0.3, 0.4) is 0 Å². The summed E-state index contributed by atoms with van der Waals surface area (Å²) in [6.07, 6.45) is 7.89. The molecular formula is C15H23N3O3. The Labute approximate surface area is 124 Å². The van der Waals surface area contributed by atoms with E-state index in [2.05, 4.69) is 4.98 Å². The Morgan fingerprint density at radius 1 is 1.48 bits per heavy atom. The Morgan fingerprint density at radius 3 is 2.95 bits per heavy atom. The van der Waals surface area contributed by atoms with Gasteiger partial charge in [0.05, 0.1) is 6.33 Å². The van der Waals surface area contributed by atoms with E-state index in [0.29, 0.717) is 25.4 Å². The molecule has 1 saturated heterocycles. The SMILES string of the molecule is CC(CC(=O)O)C1CCCN(C(=O)CCn2ccnc2)C1. The van der Waals surface area contributed by atoms with Crippen molar-refractivity contribution in [1.29, 1.82) is 0 Å². The van der Waals surface area contributed by atoms with Gasteiger partial charge in [-0.2, -0.15) is 0 Å². The molecule has 2 rings (SSSR count). The number of hydrogen-bond acceptors (Lipinski definition) is 3. The van der Waals surface area contributed by atoms with E-state index in [9.17, 15) is 9.59 Å². The second-order valence-corrected chi connectivity index (χ2v) is 5.87. The Kier molecular flexibility index (Phi) is 5.36. The van der Waals surface area contributed by atoms with Crippen LogP contribution in [0.4, 0.5) is 0 Å². The predicted octanol–water partition coefficient (Wildman–Crippen LogP) is 1.62. The summed E-state index contributed by atoms with van der Waals surface area (Å²) in [5, 5.41) is 8.89. The topological polar surface area (TPSA) is 75.4 Å². The average Bonchev–Trinajstić information content (AvgIpc) is 2.97. The van der Waals surface area contributed by atoms with Crippen molar-refractivity contribution in [3.8, 4) is 0 Å². The van der Waals surface area contributed by atoms with Crippen molar-refractivity contribution in [2.75, 3.05) is 13.1 Å². The van der Waals surface area contributed by atoms with Crippen LogP contribution in [0.25, 0.3) is 0 Å². The van der Waals surface area contributed by atoms with E-state index in [1.165, 1.54) is 0 Å². The Morgan fingerprint density at radius 2 is 2.29 bits per heavy atom. The molecule has 2 unspecified atom stereocenters. The number of carboxylic acid groups (broad SMARTS) is 1. The molecule has 21 heavy (non-hydrogen) atoms. The summed E-state index contributed by atoms with van der Waals surface area (Å²) in [7, 11) is 0. The number of carbonyl (C=O) groups excluding carboxylic acids is 1. The molecule has 1 fully saturated rings. The number of nitrogens with zero attached hydrogens (tertiary/aromatic N) is 3. The number of hydrogen-bond donors (Lipinski definition) is 1. The van der Waals surface area contributed by atoms with Crippen molar-refractivity contribution in [3.63, 3.8) is 0 Å². The summed E-state index contributed by atoms with van der Waals surface area (Å²) in [5.74, 6) is -0.194. The van der Waals surface area contributed by atoms with Gasteiger partial charge in [0.2, 0.25) is 5.91 Å². The highest BCUT2D eigenvalue weighted by Gasteiger charge is 2.28. The van der Waals surface area contributed by atoms with Crippen molar-refractivity contribution in [1.82, 2.24) is 14.5 Å². The normalized spacial score (nSPS) is 20.2. The lowest BCUT2D eigenvalue weighted by molar-refractivity contribution is -0.138. The summed E-state index contributed by atoms with van der Waals surface area (Å²) in [6.45, 7) is 4.10. The first-order valence-corrected chi connectivity index (χ1v) is 7.51. The van der Waals surface area contributed by atoms with E-state index >= 15 is 0 Å². The fourth-order valence-electron chi connectivity index (χ4n) is 2.94. The summed E-state index contributed by atoms with van der Waals surface area (Å²) in [6, 6.07) is 0. The summed E-state index contributed by atoms with van der Waals surface area (Å²) >= 11 is 0. The van der Waals surface area contributed by atoms with Crippen LogP contribution in [0.15, 0.2) is 18.7 Å². The monoisotopic (exact) mass is 293 g/mol. The molecule has 2 atom stereocenters. The van der Waals surface area contributed by atoms with Gasteiger partial charge in [-0.25, -0.2) is 4.98 Å². The molecule has 2 heterocycles. The van der Waals surface area contributed by atoms with Gasteiger partial charge in [0.25, 0.3) is 0 Å². The number of carbonyl (C=O) groups is 2. The lowest BCUT2D eigenvalue weighted by Crippen LogP contribution is -2.42. The standard InChI is InChI=1S/C15H23N3O3/c1-12(9-15(20)21)13-3-2-6-18(10-13)14(19)4-7-17-8-5-16-11-17/h5,8,11-13H,2-4,6-7,9-10H2,1H3,(H,20,21). The van der Waals surface area contributed by atoms with Crippen molar-refractivity contribution >= 4 is 11.9 Å².